The minimum Gasteiger partial charge on any atom is -0.324 e. The molecule has 1 aliphatic heterocycles. The number of hydrogen-bond acceptors (Lipinski definition) is 7. The summed E-state index contributed by atoms with van der Waals surface area (Å²) in [7, 11) is 0. The summed E-state index contributed by atoms with van der Waals surface area (Å²) in [5.41, 5.74) is 1.97. The van der Waals surface area contributed by atoms with Crippen LogP contribution in [0.15, 0.2) is 41.5 Å². The molecule has 0 bridgehead atoms. The zero-order valence-corrected chi connectivity index (χ0v) is 21.2. The van der Waals surface area contributed by atoms with Gasteiger partial charge in [-0.3, -0.25) is 4.79 Å². The predicted molar refractivity (Wildman–Crippen MR) is 136 cm³/mol. The average molecular weight is 525 g/mol. The Labute approximate surface area is 216 Å². The number of nitrogens with one attached hydrogen (secondary N) is 2. The van der Waals surface area contributed by atoms with Crippen molar-refractivity contribution in [2.45, 2.75) is 63.7 Å². The van der Waals surface area contributed by atoms with Gasteiger partial charge in [0.1, 0.15) is 17.8 Å². The monoisotopic (exact) mass is 524 g/mol. The number of hydrogen-bond donors (Lipinski definition) is 2. The van der Waals surface area contributed by atoms with Gasteiger partial charge in [-0.25, -0.2) is 24.3 Å². The molecule has 12 heteroatoms. The van der Waals surface area contributed by atoms with Crippen molar-refractivity contribution >= 4 is 22.7 Å². The van der Waals surface area contributed by atoms with Crippen molar-refractivity contribution in [1.82, 2.24) is 34.6 Å². The summed E-state index contributed by atoms with van der Waals surface area (Å²) in [4.78, 5) is 30.7. The van der Waals surface area contributed by atoms with Crippen LogP contribution in [0.25, 0.3) is 16.9 Å². The molecule has 198 valence electrons. The fourth-order valence-corrected chi connectivity index (χ4v) is 5.03. The maximum atomic E-state index is 13.5. The smallest absolute Gasteiger partial charge is 0.324 e. The highest BCUT2D eigenvalue weighted by atomic mass is 19.4. The topological polar surface area (TPSA) is 103 Å². The molecule has 9 nitrogen and oxygen atoms in total. The Morgan fingerprint density at radius 3 is 2.63 bits per heavy atom. The van der Waals surface area contributed by atoms with Crippen molar-refractivity contribution in [3.63, 3.8) is 0 Å². The molecule has 0 unspecified atom stereocenters. The first kappa shape index (κ1) is 24.5. The molecule has 1 saturated carbocycles. The highest BCUT2D eigenvalue weighted by Gasteiger charge is 2.42. The van der Waals surface area contributed by atoms with E-state index in [0.717, 1.165) is 36.2 Å². The Kier molecular flexibility index (Phi) is 5.39. The van der Waals surface area contributed by atoms with Crippen molar-refractivity contribution in [3.05, 3.63) is 64.0 Å². The predicted octanol–water partition coefficient (Wildman–Crippen LogP) is 4.11. The molecule has 0 radical (unpaired) electrons. The number of fused-ring (bicyclic) bond motifs is 2. The molecule has 2 aliphatic rings. The van der Waals surface area contributed by atoms with E-state index in [4.69, 9.17) is 0 Å². The third-order valence-electron chi connectivity index (χ3n) is 7.40. The lowest BCUT2D eigenvalue weighted by atomic mass is 9.85. The minimum atomic E-state index is -4.63. The van der Waals surface area contributed by atoms with Gasteiger partial charge in [0.15, 0.2) is 11.5 Å². The van der Waals surface area contributed by atoms with E-state index in [-0.39, 0.29) is 33.8 Å². The summed E-state index contributed by atoms with van der Waals surface area (Å²) in [5.74, 6) is 0.835. The van der Waals surface area contributed by atoms with E-state index in [9.17, 15) is 18.0 Å². The lowest BCUT2D eigenvalue weighted by Crippen LogP contribution is -2.42. The maximum Gasteiger partial charge on any atom is 0.408 e. The number of aromatic nitrogens is 6. The molecule has 4 heterocycles. The summed E-state index contributed by atoms with van der Waals surface area (Å²) >= 11 is 0. The van der Waals surface area contributed by atoms with E-state index in [1.165, 1.54) is 29.6 Å². The Hall–Kier alpha value is -3.80. The number of benzene rings is 1. The summed E-state index contributed by atoms with van der Waals surface area (Å²) in [5, 5.41) is 6.62. The van der Waals surface area contributed by atoms with Gasteiger partial charge in [-0.1, -0.05) is 13.0 Å². The minimum absolute atomic E-state index is 0.0316. The molecule has 4 aromatic rings. The third kappa shape index (κ3) is 4.32. The summed E-state index contributed by atoms with van der Waals surface area (Å²) in [6, 6.07) is 7.46. The van der Waals surface area contributed by atoms with Gasteiger partial charge in [-0.05, 0) is 62.9 Å². The van der Waals surface area contributed by atoms with Crippen molar-refractivity contribution < 1.29 is 13.2 Å². The first-order valence-electron chi connectivity index (χ1n) is 12.5. The van der Waals surface area contributed by atoms with Crippen LogP contribution in [-0.4, -0.2) is 42.0 Å². The first-order chi connectivity index (χ1) is 17.9. The third-order valence-corrected chi connectivity index (χ3v) is 7.40. The van der Waals surface area contributed by atoms with Crippen molar-refractivity contribution in [1.29, 1.82) is 0 Å². The molecule has 2 N–H and O–H groups in total. The molecule has 0 spiro atoms. The zero-order valence-electron chi connectivity index (χ0n) is 21.2. The molecule has 1 fully saturated rings. The standard InChI is InChI=1S/C26H27F3N8O/c1-24(2)18-5-4-16(12-15(18)6-11-32-24)33-23-31-13-17-20(35-23)37(36(21(17)38)14-26(27,28)29)19-7-10-30-22(34-19)25(3)8-9-25/h4-5,7,10,12-13,32H,6,8-9,11,14H2,1-3H3,(H,31,33,35). The summed E-state index contributed by atoms with van der Waals surface area (Å²) in [6.07, 6.45) is 0.772. The van der Waals surface area contributed by atoms with Crippen LogP contribution < -0.4 is 16.2 Å². The van der Waals surface area contributed by atoms with Crippen molar-refractivity contribution in [2.24, 2.45) is 0 Å². The normalized spacial score (nSPS) is 17.8. The van der Waals surface area contributed by atoms with E-state index >= 15 is 0 Å². The number of rotatable bonds is 5. The molecule has 0 amide bonds. The molecular formula is C26H27F3N8O. The van der Waals surface area contributed by atoms with Crippen LogP contribution in [0.4, 0.5) is 24.8 Å². The number of anilines is 2. The van der Waals surface area contributed by atoms with Gasteiger partial charge in [0.2, 0.25) is 5.95 Å². The number of nitrogens with zero attached hydrogens (tertiary/aromatic N) is 6. The first-order valence-corrected chi connectivity index (χ1v) is 12.5. The van der Waals surface area contributed by atoms with Crippen LogP contribution in [0.3, 0.4) is 0 Å². The summed E-state index contributed by atoms with van der Waals surface area (Å²) in [6.45, 7) is 5.62. The van der Waals surface area contributed by atoms with Crippen LogP contribution in [0.5, 0.6) is 0 Å². The molecule has 0 saturated heterocycles. The van der Waals surface area contributed by atoms with Gasteiger partial charge in [-0.15, -0.1) is 0 Å². The molecule has 1 aliphatic carbocycles. The second-order valence-corrected chi connectivity index (χ2v) is 10.8. The molecule has 0 atom stereocenters. The molecule has 38 heavy (non-hydrogen) atoms. The van der Waals surface area contributed by atoms with Crippen molar-refractivity contribution in [3.8, 4) is 5.82 Å². The quantitative estimate of drug-likeness (QED) is 0.405. The fraction of sp³-hybridized carbons (Fsp3) is 0.423. The van der Waals surface area contributed by atoms with Gasteiger partial charge in [0, 0.05) is 35.1 Å². The van der Waals surface area contributed by atoms with Gasteiger partial charge in [0.05, 0.1) is 0 Å². The van der Waals surface area contributed by atoms with E-state index in [2.05, 4.69) is 44.4 Å². The zero-order chi connectivity index (χ0) is 26.9. The van der Waals surface area contributed by atoms with Gasteiger partial charge in [0.25, 0.3) is 5.56 Å². The Balaban J connectivity index is 1.45. The van der Waals surface area contributed by atoms with Crippen molar-refractivity contribution in [2.75, 3.05) is 11.9 Å². The van der Waals surface area contributed by atoms with E-state index in [1.54, 1.807) is 0 Å². The molecular weight excluding hydrogens is 497 g/mol. The van der Waals surface area contributed by atoms with E-state index in [1.807, 2.05) is 25.1 Å². The fourth-order valence-electron chi connectivity index (χ4n) is 5.03. The largest absolute Gasteiger partial charge is 0.408 e. The van der Waals surface area contributed by atoms with Crippen LogP contribution in [0.1, 0.15) is 50.6 Å². The van der Waals surface area contributed by atoms with Crippen LogP contribution in [0, 0.1) is 0 Å². The molecule has 3 aromatic heterocycles. The molecule has 6 rings (SSSR count). The van der Waals surface area contributed by atoms with Gasteiger partial charge >= 0.3 is 6.18 Å². The second kappa shape index (κ2) is 8.35. The van der Waals surface area contributed by atoms with Gasteiger partial charge in [-0.2, -0.15) is 18.2 Å². The number of halogens is 3. The lowest BCUT2D eigenvalue weighted by molar-refractivity contribution is -0.144. The van der Waals surface area contributed by atoms with Crippen LogP contribution in [0.2, 0.25) is 0 Å². The number of alkyl halides is 3. The van der Waals surface area contributed by atoms with Gasteiger partial charge < -0.3 is 10.6 Å². The molecule has 1 aromatic carbocycles. The average Bonchev–Trinajstić information content (AvgIpc) is 3.55. The SMILES string of the molecule is CC1(c2nccc(-n3c4nc(Nc5ccc6c(c5)CCNC6(C)C)ncc4c(=O)n3CC(F)(F)F)n2)CC1. The van der Waals surface area contributed by atoms with E-state index in [0.29, 0.717) is 10.5 Å². The highest BCUT2D eigenvalue weighted by molar-refractivity contribution is 5.77. The Morgan fingerprint density at radius 2 is 1.89 bits per heavy atom. The lowest BCUT2D eigenvalue weighted by Gasteiger charge is -2.34. The maximum absolute atomic E-state index is 13.5. The van der Waals surface area contributed by atoms with E-state index < -0.39 is 18.3 Å². The van der Waals surface area contributed by atoms with Crippen LogP contribution in [-0.2, 0) is 23.9 Å². The Morgan fingerprint density at radius 1 is 1.11 bits per heavy atom. The second-order valence-electron chi connectivity index (χ2n) is 10.8. The highest BCUT2D eigenvalue weighted by Crippen LogP contribution is 2.45. The Bertz CT molecular complexity index is 1620. The summed E-state index contributed by atoms with van der Waals surface area (Å²) < 4.78 is 42.3. The van der Waals surface area contributed by atoms with Crippen LogP contribution >= 0.6 is 0 Å².